The van der Waals surface area contributed by atoms with Crippen LogP contribution in [0.1, 0.15) is 77.6 Å². The highest BCUT2D eigenvalue weighted by atomic mass is 79.9. The Bertz CT molecular complexity index is 196. The Labute approximate surface area is 129 Å². The summed E-state index contributed by atoms with van der Waals surface area (Å²) in [5.41, 5.74) is 0. The fourth-order valence-corrected chi connectivity index (χ4v) is 3.59. The van der Waals surface area contributed by atoms with Crippen molar-refractivity contribution in [3.05, 3.63) is 0 Å². The molecule has 0 saturated carbocycles. The van der Waals surface area contributed by atoms with E-state index in [1.807, 2.05) is 0 Å². The second-order valence-corrected chi connectivity index (χ2v) is 6.94. The van der Waals surface area contributed by atoms with Crippen LogP contribution in [0.25, 0.3) is 0 Å². The van der Waals surface area contributed by atoms with Crippen molar-refractivity contribution in [2.24, 2.45) is 5.92 Å². The van der Waals surface area contributed by atoms with Crippen molar-refractivity contribution in [1.29, 1.82) is 0 Å². The van der Waals surface area contributed by atoms with Gasteiger partial charge in [-0.3, -0.25) is 0 Å². The molecule has 0 N–H and O–H groups in total. The monoisotopic (exact) mass is 331 g/mol. The average Bonchev–Trinajstić information content (AvgIpc) is 2.89. The summed E-state index contributed by atoms with van der Waals surface area (Å²) >= 11 is 3.61. The van der Waals surface area contributed by atoms with Crippen molar-refractivity contribution >= 4 is 15.9 Å². The van der Waals surface area contributed by atoms with Crippen molar-refractivity contribution < 1.29 is 0 Å². The van der Waals surface area contributed by atoms with Crippen LogP contribution < -0.4 is 0 Å². The first kappa shape index (κ1) is 17.5. The van der Waals surface area contributed by atoms with Crippen LogP contribution in [-0.4, -0.2) is 29.9 Å². The van der Waals surface area contributed by atoms with Crippen LogP contribution in [0.4, 0.5) is 0 Å². The summed E-state index contributed by atoms with van der Waals surface area (Å²) in [6, 6.07) is 0. The van der Waals surface area contributed by atoms with E-state index < -0.39 is 0 Å². The Morgan fingerprint density at radius 2 is 1.47 bits per heavy atom. The van der Waals surface area contributed by atoms with E-state index in [-0.39, 0.29) is 0 Å². The van der Waals surface area contributed by atoms with E-state index in [1.54, 1.807) is 0 Å². The van der Waals surface area contributed by atoms with Crippen LogP contribution in [0.15, 0.2) is 0 Å². The summed E-state index contributed by atoms with van der Waals surface area (Å²) < 4.78 is 0. The van der Waals surface area contributed by atoms with Crippen LogP contribution in [0.2, 0.25) is 0 Å². The van der Waals surface area contributed by atoms with E-state index in [0.717, 1.165) is 5.92 Å². The molecule has 0 aliphatic carbocycles. The number of halogens is 1. The maximum atomic E-state index is 3.61. The Morgan fingerprint density at radius 1 is 0.895 bits per heavy atom. The number of alkyl halides is 1. The van der Waals surface area contributed by atoms with E-state index in [0.29, 0.717) is 0 Å². The lowest BCUT2D eigenvalue weighted by molar-refractivity contribution is 0.318. The first-order valence-corrected chi connectivity index (χ1v) is 9.77. The fraction of sp³-hybridized carbons (Fsp3) is 1.00. The maximum Gasteiger partial charge on any atom is 0.00723 e. The SMILES string of the molecule is CCCCCCCCCCCCN1CCC(CBr)C1. The third-order valence-electron chi connectivity index (χ3n) is 4.42. The predicted octanol–water partition coefficient (Wildman–Crippen LogP) is 5.62. The normalized spacial score (nSPS) is 20.2. The smallest absolute Gasteiger partial charge is 0.00723 e. The molecule has 0 bridgehead atoms. The van der Waals surface area contributed by atoms with Crippen molar-refractivity contribution in [1.82, 2.24) is 4.90 Å². The van der Waals surface area contributed by atoms with Gasteiger partial charge >= 0.3 is 0 Å². The van der Waals surface area contributed by atoms with Gasteiger partial charge in [0.1, 0.15) is 0 Å². The molecule has 1 aliphatic heterocycles. The Morgan fingerprint density at radius 3 is 2.00 bits per heavy atom. The molecular weight excluding hydrogens is 298 g/mol. The zero-order chi connectivity index (χ0) is 13.8. The van der Waals surface area contributed by atoms with Gasteiger partial charge in [-0.15, -0.1) is 0 Å². The molecule has 0 aromatic rings. The number of hydrogen-bond acceptors (Lipinski definition) is 1. The summed E-state index contributed by atoms with van der Waals surface area (Å²) in [5.74, 6) is 0.920. The molecule has 1 aliphatic rings. The Kier molecular flexibility index (Phi) is 11.2. The molecule has 1 saturated heterocycles. The molecular formula is C17H34BrN. The summed E-state index contributed by atoms with van der Waals surface area (Å²) in [5, 5.41) is 1.20. The molecule has 0 spiro atoms. The molecule has 0 aromatic carbocycles. The lowest BCUT2D eigenvalue weighted by atomic mass is 10.1. The minimum atomic E-state index is 0.920. The van der Waals surface area contributed by atoms with E-state index in [4.69, 9.17) is 0 Å². The second kappa shape index (κ2) is 12.2. The van der Waals surface area contributed by atoms with Crippen LogP contribution in [0, 0.1) is 5.92 Å². The molecule has 19 heavy (non-hydrogen) atoms. The Hall–Kier alpha value is 0.440. The van der Waals surface area contributed by atoms with Crippen LogP contribution >= 0.6 is 15.9 Å². The standard InChI is InChI=1S/C17H34BrN/c1-2-3-4-5-6-7-8-9-10-11-13-19-14-12-17(15-18)16-19/h17H,2-16H2,1H3. The first-order valence-electron chi connectivity index (χ1n) is 8.65. The number of hydrogen-bond donors (Lipinski definition) is 0. The van der Waals surface area contributed by atoms with E-state index in [2.05, 4.69) is 27.8 Å². The topological polar surface area (TPSA) is 3.24 Å². The maximum absolute atomic E-state index is 3.61. The van der Waals surface area contributed by atoms with Crippen molar-refractivity contribution in [3.8, 4) is 0 Å². The highest BCUT2D eigenvalue weighted by Gasteiger charge is 2.20. The zero-order valence-electron chi connectivity index (χ0n) is 13.0. The minimum absolute atomic E-state index is 0.920. The minimum Gasteiger partial charge on any atom is -0.303 e. The first-order chi connectivity index (χ1) is 9.36. The molecule has 1 rings (SSSR count). The summed E-state index contributed by atoms with van der Waals surface area (Å²) in [4.78, 5) is 2.66. The third kappa shape index (κ3) is 9.07. The van der Waals surface area contributed by atoms with E-state index in [9.17, 15) is 0 Å². The average molecular weight is 332 g/mol. The number of rotatable bonds is 12. The lowest BCUT2D eigenvalue weighted by Gasteiger charge is -2.15. The molecule has 1 nitrogen and oxygen atoms in total. The summed E-state index contributed by atoms with van der Waals surface area (Å²) in [7, 11) is 0. The molecule has 0 amide bonds. The van der Waals surface area contributed by atoms with E-state index >= 15 is 0 Å². The molecule has 1 atom stereocenters. The van der Waals surface area contributed by atoms with Gasteiger partial charge in [0.05, 0.1) is 0 Å². The molecule has 0 aromatic heterocycles. The number of unbranched alkanes of at least 4 members (excludes halogenated alkanes) is 9. The number of likely N-dealkylation sites (tertiary alicyclic amines) is 1. The van der Waals surface area contributed by atoms with Gasteiger partial charge in [0.2, 0.25) is 0 Å². The molecule has 1 fully saturated rings. The van der Waals surface area contributed by atoms with E-state index in [1.165, 1.54) is 95.6 Å². The second-order valence-electron chi connectivity index (χ2n) is 6.29. The Balaban J connectivity index is 1.77. The summed E-state index contributed by atoms with van der Waals surface area (Å²) in [6.45, 7) is 6.32. The van der Waals surface area contributed by atoms with Gasteiger partial charge in [0.25, 0.3) is 0 Å². The molecule has 1 heterocycles. The lowest BCUT2D eigenvalue weighted by Crippen LogP contribution is -2.22. The zero-order valence-corrected chi connectivity index (χ0v) is 14.6. The largest absolute Gasteiger partial charge is 0.303 e. The number of nitrogens with zero attached hydrogens (tertiary/aromatic N) is 1. The summed E-state index contributed by atoms with van der Waals surface area (Å²) in [6.07, 6.45) is 15.9. The van der Waals surface area contributed by atoms with Crippen LogP contribution in [0.5, 0.6) is 0 Å². The van der Waals surface area contributed by atoms with Gasteiger partial charge in [-0.1, -0.05) is 80.6 Å². The van der Waals surface area contributed by atoms with Gasteiger partial charge in [0.15, 0.2) is 0 Å². The van der Waals surface area contributed by atoms with Gasteiger partial charge in [0, 0.05) is 11.9 Å². The highest BCUT2D eigenvalue weighted by Crippen LogP contribution is 2.18. The van der Waals surface area contributed by atoms with Gasteiger partial charge in [-0.2, -0.15) is 0 Å². The van der Waals surface area contributed by atoms with Gasteiger partial charge in [-0.05, 0) is 31.8 Å². The van der Waals surface area contributed by atoms with Crippen molar-refractivity contribution in [2.75, 3.05) is 25.0 Å². The van der Waals surface area contributed by atoms with Crippen molar-refractivity contribution in [2.45, 2.75) is 77.6 Å². The molecule has 1 unspecified atom stereocenters. The van der Waals surface area contributed by atoms with Crippen LogP contribution in [-0.2, 0) is 0 Å². The van der Waals surface area contributed by atoms with Gasteiger partial charge in [-0.25, -0.2) is 0 Å². The highest BCUT2D eigenvalue weighted by molar-refractivity contribution is 9.09. The molecule has 114 valence electrons. The fourth-order valence-electron chi connectivity index (χ4n) is 3.06. The quantitative estimate of drug-likeness (QED) is 0.331. The molecule has 2 heteroatoms. The van der Waals surface area contributed by atoms with Gasteiger partial charge < -0.3 is 4.90 Å². The third-order valence-corrected chi connectivity index (χ3v) is 5.33. The predicted molar refractivity (Wildman–Crippen MR) is 90.2 cm³/mol. The van der Waals surface area contributed by atoms with Crippen LogP contribution in [0.3, 0.4) is 0 Å². The van der Waals surface area contributed by atoms with Crippen molar-refractivity contribution in [3.63, 3.8) is 0 Å². The molecule has 0 radical (unpaired) electrons.